The highest BCUT2D eigenvalue weighted by Crippen LogP contribution is 2.62. The van der Waals surface area contributed by atoms with E-state index < -0.39 is 14.6 Å². The number of allylic oxidation sites excluding steroid dienone is 1. The van der Waals surface area contributed by atoms with E-state index in [1.807, 2.05) is 0 Å². The van der Waals surface area contributed by atoms with Gasteiger partial charge in [-0.2, -0.15) is 0 Å². The number of sulfone groups is 1. The van der Waals surface area contributed by atoms with Crippen molar-refractivity contribution in [3.63, 3.8) is 0 Å². The van der Waals surface area contributed by atoms with Crippen molar-refractivity contribution in [2.75, 3.05) is 12.3 Å². The van der Waals surface area contributed by atoms with E-state index in [0.29, 0.717) is 0 Å². The Morgan fingerprint density at radius 1 is 1.08 bits per heavy atom. The minimum absolute atomic E-state index is 0.00745. The number of amides is 1. The van der Waals surface area contributed by atoms with Crippen molar-refractivity contribution in [2.45, 2.75) is 71.0 Å². The molecule has 4 rings (SSSR count). The molecule has 0 heterocycles. The van der Waals surface area contributed by atoms with Crippen LogP contribution in [0.25, 0.3) is 0 Å². The molecule has 0 unspecified atom stereocenters. The average Bonchev–Trinajstić information content (AvgIpc) is 2.44. The lowest BCUT2D eigenvalue weighted by Crippen LogP contribution is -2.46. The molecular formula is C20H33NO3S. The van der Waals surface area contributed by atoms with E-state index in [9.17, 15) is 13.2 Å². The summed E-state index contributed by atoms with van der Waals surface area (Å²) in [5, 5.41) is 2.78. The summed E-state index contributed by atoms with van der Waals surface area (Å²) in [5.41, 5.74) is 1.45. The van der Waals surface area contributed by atoms with E-state index in [1.165, 1.54) is 44.1 Å². The third-order valence-electron chi connectivity index (χ3n) is 6.83. The molecule has 1 N–H and O–H groups in total. The lowest BCUT2D eigenvalue weighted by Gasteiger charge is -2.57. The maximum Gasteiger partial charge on any atom is 0.243 e. The molecule has 0 aromatic rings. The van der Waals surface area contributed by atoms with Gasteiger partial charge < -0.3 is 5.32 Å². The van der Waals surface area contributed by atoms with E-state index in [1.54, 1.807) is 26.8 Å². The van der Waals surface area contributed by atoms with Gasteiger partial charge in [0.15, 0.2) is 9.84 Å². The Bertz CT molecular complexity index is 634. The van der Waals surface area contributed by atoms with Gasteiger partial charge >= 0.3 is 0 Å². The van der Waals surface area contributed by atoms with Crippen LogP contribution in [-0.4, -0.2) is 31.4 Å². The quantitative estimate of drug-likeness (QED) is 0.757. The van der Waals surface area contributed by atoms with Crippen LogP contribution in [0.2, 0.25) is 0 Å². The van der Waals surface area contributed by atoms with Gasteiger partial charge in [-0.25, -0.2) is 8.42 Å². The first-order valence-electron chi connectivity index (χ1n) is 9.70. The summed E-state index contributed by atoms with van der Waals surface area (Å²) in [5.74, 6) is 2.42. The summed E-state index contributed by atoms with van der Waals surface area (Å²) in [6.07, 6.45) is 9.65. The summed E-state index contributed by atoms with van der Waals surface area (Å²) in [4.78, 5) is 12.3. The highest BCUT2D eigenvalue weighted by Gasteiger charge is 2.51. The molecule has 4 aliphatic carbocycles. The fraction of sp³-hybridized carbons (Fsp3) is 0.850. The second-order valence-electron chi connectivity index (χ2n) is 9.75. The highest BCUT2D eigenvalue weighted by molar-refractivity contribution is 7.92. The maximum atomic E-state index is 12.3. The zero-order valence-electron chi connectivity index (χ0n) is 16.1. The summed E-state index contributed by atoms with van der Waals surface area (Å²) in [6.45, 7) is 7.38. The molecule has 4 nitrogen and oxygen atoms in total. The largest absolute Gasteiger partial charge is 0.352 e. The van der Waals surface area contributed by atoms with Crippen LogP contribution in [0.1, 0.15) is 66.2 Å². The van der Waals surface area contributed by atoms with Gasteiger partial charge in [0.05, 0.1) is 10.5 Å². The van der Waals surface area contributed by atoms with Crippen LogP contribution in [0, 0.1) is 23.2 Å². The number of hydrogen-bond donors (Lipinski definition) is 1. The molecule has 25 heavy (non-hydrogen) atoms. The average molecular weight is 368 g/mol. The molecule has 0 aliphatic heterocycles. The Morgan fingerprint density at radius 3 is 2.00 bits per heavy atom. The van der Waals surface area contributed by atoms with E-state index in [-0.39, 0.29) is 23.6 Å². The second-order valence-corrected chi connectivity index (χ2v) is 12.6. The van der Waals surface area contributed by atoms with Gasteiger partial charge in [0, 0.05) is 12.6 Å². The first-order valence-corrected chi connectivity index (χ1v) is 11.3. The van der Waals surface area contributed by atoms with Crippen molar-refractivity contribution in [3.8, 4) is 0 Å². The first kappa shape index (κ1) is 18.9. The van der Waals surface area contributed by atoms with E-state index >= 15 is 0 Å². The van der Waals surface area contributed by atoms with E-state index in [0.717, 1.165) is 17.8 Å². The van der Waals surface area contributed by atoms with Crippen LogP contribution < -0.4 is 5.32 Å². The van der Waals surface area contributed by atoms with Crippen molar-refractivity contribution in [1.29, 1.82) is 0 Å². The number of nitrogens with one attached hydrogen (secondary N) is 1. The molecule has 0 radical (unpaired) electrons. The number of carbonyl (C=O) groups excluding carboxylic acids is 1. The summed E-state index contributed by atoms with van der Waals surface area (Å²) in [6, 6.07) is 0. The Hall–Kier alpha value is -0.840. The van der Waals surface area contributed by atoms with Crippen LogP contribution in [0.4, 0.5) is 0 Å². The first-order chi connectivity index (χ1) is 11.5. The zero-order valence-corrected chi connectivity index (χ0v) is 16.9. The predicted octanol–water partition coefficient (Wildman–Crippen LogP) is 3.48. The summed E-state index contributed by atoms with van der Waals surface area (Å²) < 4.78 is 23.5. The van der Waals surface area contributed by atoms with E-state index in [4.69, 9.17) is 0 Å². The second kappa shape index (κ2) is 6.40. The molecule has 1 amide bonds. The van der Waals surface area contributed by atoms with Gasteiger partial charge in [-0.3, -0.25) is 4.79 Å². The predicted molar refractivity (Wildman–Crippen MR) is 101 cm³/mol. The topological polar surface area (TPSA) is 63.2 Å². The number of hydrogen-bond acceptors (Lipinski definition) is 3. The molecule has 4 fully saturated rings. The number of carbonyl (C=O) groups is 1. The molecule has 4 aliphatic rings. The molecule has 0 aromatic carbocycles. The Balaban J connectivity index is 1.59. The minimum atomic E-state index is -3.19. The molecule has 142 valence electrons. The summed E-state index contributed by atoms with van der Waals surface area (Å²) in [7, 11) is -3.19. The van der Waals surface area contributed by atoms with Gasteiger partial charge in [-0.15, -0.1) is 0 Å². The standard InChI is InChI=1S/C20H33NO3S/c1-14(7-18(22)21-5-6-25(23,24)19(2,3)4)20-11-15-8-16(12-20)10-17(9-15)13-20/h7,15-17H,5-6,8-13H2,1-4H3,(H,21,22)/b14-7-. The van der Waals surface area contributed by atoms with Crippen LogP contribution in [-0.2, 0) is 14.6 Å². The molecular weight excluding hydrogens is 334 g/mol. The van der Waals surface area contributed by atoms with Crippen LogP contribution >= 0.6 is 0 Å². The summed E-state index contributed by atoms with van der Waals surface area (Å²) >= 11 is 0. The normalized spacial score (nSPS) is 35.0. The van der Waals surface area contributed by atoms with Crippen molar-refractivity contribution >= 4 is 15.7 Å². The van der Waals surface area contributed by atoms with Gasteiger partial charge in [-0.1, -0.05) is 5.57 Å². The third kappa shape index (κ3) is 3.81. The molecule has 4 saturated carbocycles. The van der Waals surface area contributed by atoms with Crippen molar-refractivity contribution < 1.29 is 13.2 Å². The van der Waals surface area contributed by atoms with Gasteiger partial charge in [0.1, 0.15) is 0 Å². The molecule has 4 bridgehead atoms. The van der Waals surface area contributed by atoms with Crippen LogP contribution in [0.5, 0.6) is 0 Å². The van der Waals surface area contributed by atoms with Crippen LogP contribution in [0.3, 0.4) is 0 Å². The molecule has 0 saturated heterocycles. The molecule has 0 spiro atoms. The van der Waals surface area contributed by atoms with Crippen LogP contribution in [0.15, 0.2) is 11.6 Å². The van der Waals surface area contributed by atoms with Crippen molar-refractivity contribution in [2.24, 2.45) is 23.2 Å². The third-order valence-corrected chi connectivity index (χ3v) is 9.43. The fourth-order valence-electron chi connectivity index (χ4n) is 5.61. The lowest BCUT2D eigenvalue weighted by atomic mass is 9.48. The monoisotopic (exact) mass is 367 g/mol. The molecule has 5 heteroatoms. The van der Waals surface area contributed by atoms with Crippen molar-refractivity contribution in [3.05, 3.63) is 11.6 Å². The fourth-order valence-corrected chi connectivity index (χ4v) is 6.59. The van der Waals surface area contributed by atoms with E-state index in [2.05, 4.69) is 12.2 Å². The molecule has 0 atom stereocenters. The Morgan fingerprint density at radius 2 is 1.56 bits per heavy atom. The number of rotatable bonds is 5. The highest BCUT2D eigenvalue weighted by atomic mass is 32.2. The lowest BCUT2D eigenvalue weighted by molar-refractivity contribution is -0.116. The Kier molecular flexibility index (Phi) is 4.85. The maximum absolute atomic E-state index is 12.3. The van der Waals surface area contributed by atoms with Crippen molar-refractivity contribution in [1.82, 2.24) is 5.32 Å². The van der Waals surface area contributed by atoms with Gasteiger partial charge in [0.2, 0.25) is 5.91 Å². The smallest absolute Gasteiger partial charge is 0.243 e. The Labute approximate surface area is 152 Å². The SMILES string of the molecule is C/C(=C/C(=O)NCCS(=O)(=O)C(C)(C)C)C12CC3CC(CC(C3)C1)C2. The molecule has 0 aromatic heterocycles. The van der Waals surface area contributed by atoms with Gasteiger partial charge in [-0.05, 0) is 89.4 Å². The minimum Gasteiger partial charge on any atom is -0.352 e. The van der Waals surface area contributed by atoms with Gasteiger partial charge in [0.25, 0.3) is 0 Å². The zero-order chi connectivity index (χ0) is 18.5.